The summed E-state index contributed by atoms with van der Waals surface area (Å²) in [7, 11) is 2.17. The molecular weight excluding hydrogens is 550 g/mol. The number of aromatic nitrogens is 2. The Labute approximate surface area is 263 Å². The van der Waals surface area contributed by atoms with Crippen molar-refractivity contribution in [3.63, 3.8) is 0 Å². The van der Waals surface area contributed by atoms with E-state index in [4.69, 9.17) is 25.9 Å². The fourth-order valence-corrected chi connectivity index (χ4v) is 7.77. The van der Waals surface area contributed by atoms with Gasteiger partial charge in [-0.15, -0.1) is 12.3 Å². The summed E-state index contributed by atoms with van der Waals surface area (Å²) in [6.07, 6.45) is 13.7. The Balaban J connectivity index is 1.31. The van der Waals surface area contributed by atoms with E-state index in [9.17, 15) is 4.79 Å². The predicted octanol–water partition coefficient (Wildman–Crippen LogP) is 5.41. The van der Waals surface area contributed by atoms with Gasteiger partial charge in [0.1, 0.15) is 18.0 Å². The highest BCUT2D eigenvalue weighted by Crippen LogP contribution is 2.43. The Hall–Kier alpha value is -3.31. The van der Waals surface area contributed by atoms with Gasteiger partial charge in [0.15, 0.2) is 0 Å². The number of aryl methyl sites for hydroxylation is 1. The Morgan fingerprint density at radius 1 is 1.07 bits per heavy atom. The molecule has 0 saturated carbocycles. The molecule has 2 aromatic rings. The van der Waals surface area contributed by atoms with Crippen LogP contribution in [0.5, 0.6) is 6.01 Å². The summed E-state index contributed by atoms with van der Waals surface area (Å²) in [5.74, 6) is 4.62. The lowest BCUT2D eigenvalue weighted by atomic mass is 9.73. The third kappa shape index (κ3) is 6.40. The quantitative estimate of drug-likeness (QED) is 0.412. The van der Waals surface area contributed by atoms with E-state index in [1.165, 1.54) is 42.4 Å². The number of terminal acetylenes is 1. The molecule has 8 heteroatoms. The van der Waals surface area contributed by atoms with Crippen LogP contribution in [0.4, 0.5) is 10.6 Å². The van der Waals surface area contributed by atoms with Crippen molar-refractivity contribution in [3.8, 4) is 18.4 Å². The molecule has 2 saturated heterocycles. The van der Waals surface area contributed by atoms with Crippen molar-refractivity contribution in [3.05, 3.63) is 46.1 Å². The average Bonchev–Trinajstić information content (AvgIpc) is 3.63. The second-order valence-corrected chi connectivity index (χ2v) is 14.4. The number of likely N-dealkylation sites (N-methyl/N-ethyl adjacent to an activating group) is 1. The van der Waals surface area contributed by atoms with E-state index < -0.39 is 5.60 Å². The molecule has 4 aliphatic rings. The predicted molar refractivity (Wildman–Crippen MR) is 173 cm³/mol. The number of hydrogen-bond donors (Lipinski definition) is 0. The van der Waals surface area contributed by atoms with Crippen molar-refractivity contribution in [2.45, 2.75) is 103 Å². The second-order valence-electron chi connectivity index (χ2n) is 14.4. The number of amides is 1. The van der Waals surface area contributed by atoms with Gasteiger partial charge >= 0.3 is 12.1 Å². The van der Waals surface area contributed by atoms with Crippen molar-refractivity contribution in [2.24, 2.45) is 5.92 Å². The fourth-order valence-electron chi connectivity index (χ4n) is 7.77. The smallest absolute Gasteiger partial charge is 0.410 e. The van der Waals surface area contributed by atoms with Crippen LogP contribution in [0.15, 0.2) is 18.2 Å². The summed E-state index contributed by atoms with van der Waals surface area (Å²) in [6.45, 7) is 11.5. The molecule has 3 unspecified atom stereocenters. The number of piperazine rings is 1. The lowest BCUT2D eigenvalue weighted by Crippen LogP contribution is -2.56. The molecule has 1 amide bonds. The maximum Gasteiger partial charge on any atom is 0.410 e. The van der Waals surface area contributed by atoms with Crippen LogP contribution in [0.1, 0.15) is 87.2 Å². The number of likely N-dealkylation sites (tertiary alicyclic amines) is 1. The lowest BCUT2D eigenvalue weighted by Gasteiger charge is -2.43. The number of carbonyl (C=O) groups excluding carboxylic acids is 1. The molecule has 2 fully saturated rings. The first-order valence-corrected chi connectivity index (χ1v) is 16.6. The third-order valence-electron chi connectivity index (χ3n) is 10.1. The van der Waals surface area contributed by atoms with Gasteiger partial charge in [-0.3, -0.25) is 0 Å². The van der Waals surface area contributed by atoms with Crippen LogP contribution in [-0.4, -0.2) is 83.4 Å². The number of benzene rings is 1. The number of fused-ring (bicyclic) bond motifs is 2. The summed E-state index contributed by atoms with van der Waals surface area (Å²) in [6, 6.07) is 7.60. The molecule has 2 aliphatic heterocycles. The number of hydrogen-bond acceptors (Lipinski definition) is 7. The summed E-state index contributed by atoms with van der Waals surface area (Å²) in [5.41, 5.74) is 6.36. The van der Waals surface area contributed by atoms with Crippen LogP contribution >= 0.6 is 0 Å². The number of carbonyl (C=O) groups is 1. The first-order valence-electron chi connectivity index (χ1n) is 16.6. The fraction of sp³-hybridized carbons (Fsp3) is 0.639. The summed E-state index contributed by atoms with van der Waals surface area (Å²) >= 11 is 0. The van der Waals surface area contributed by atoms with Gasteiger partial charge in [0.25, 0.3) is 0 Å². The molecule has 1 aromatic carbocycles. The first kappa shape index (κ1) is 30.7. The maximum absolute atomic E-state index is 13.1. The third-order valence-corrected chi connectivity index (χ3v) is 10.1. The SMILES string of the molecule is C#CCC1CN(c2nc(OC[C@@H]3CCCN3C)nc3c2CC(C)C(c2cccc4c2CCC4)C3)CCN1C(=O)OC(C)(C)C. The highest BCUT2D eigenvalue weighted by Gasteiger charge is 2.38. The molecule has 0 N–H and O–H groups in total. The lowest BCUT2D eigenvalue weighted by molar-refractivity contribution is 0.0145. The summed E-state index contributed by atoms with van der Waals surface area (Å²) in [5, 5.41) is 0. The van der Waals surface area contributed by atoms with E-state index in [0.29, 0.717) is 56.6 Å². The van der Waals surface area contributed by atoms with Crippen molar-refractivity contribution in [2.75, 3.05) is 44.7 Å². The van der Waals surface area contributed by atoms with E-state index >= 15 is 0 Å². The maximum atomic E-state index is 13.1. The number of rotatable bonds is 6. The van der Waals surface area contributed by atoms with Gasteiger partial charge in [0, 0.05) is 37.7 Å². The van der Waals surface area contributed by atoms with E-state index in [1.54, 1.807) is 10.5 Å². The minimum absolute atomic E-state index is 0.161. The summed E-state index contributed by atoms with van der Waals surface area (Å²) < 4.78 is 12.1. The topological polar surface area (TPSA) is 71.0 Å². The van der Waals surface area contributed by atoms with E-state index in [2.05, 4.69) is 47.9 Å². The van der Waals surface area contributed by atoms with Crippen LogP contribution in [0.25, 0.3) is 0 Å². The number of nitrogens with zero attached hydrogens (tertiary/aromatic N) is 5. The highest BCUT2D eigenvalue weighted by atomic mass is 16.6. The average molecular weight is 600 g/mol. The Bertz CT molecular complexity index is 1410. The van der Waals surface area contributed by atoms with Gasteiger partial charge in [-0.05, 0) is 108 Å². The molecule has 3 heterocycles. The van der Waals surface area contributed by atoms with Crippen LogP contribution in [0.2, 0.25) is 0 Å². The largest absolute Gasteiger partial charge is 0.462 e. The molecular formula is C36H49N5O3. The normalized spacial score (nSPS) is 25.4. The molecule has 4 atom stereocenters. The van der Waals surface area contributed by atoms with Gasteiger partial charge in [-0.25, -0.2) is 4.79 Å². The van der Waals surface area contributed by atoms with Crippen LogP contribution < -0.4 is 9.64 Å². The van der Waals surface area contributed by atoms with E-state index in [-0.39, 0.29) is 12.1 Å². The highest BCUT2D eigenvalue weighted by molar-refractivity contribution is 5.69. The van der Waals surface area contributed by atoms with Gasteiger partial charge in [0.05, 0.1) is 11.7 Å². The molecule has 0 radical (unpaired) electrons. The van der Waals surface area contributed by atoms with E-state index in [0.717, 1.165) is 37.3 Å². The standard InChI is InChI=1S/C36H49N5O3/c1-7-11-26-22-40(18-19-41(26)35(42)44-36(3,4)5)33-31-20-24(2)30(29-16-9-13-25-12-8-15-28(25)29)21-32(31)37-34(38-33)43-23-27-14-10-17-39(27)6/h1,9,13,16,24,26-27,30H,8,10-12,14-15,17-23H2,2-6H3/t24?,26?,27-,30?/m0/s1. The van der Waals surface area contributed by atoms with Crippen molar-refractivity contribution >= 4 is 11.9 Å². The van der Waals surface area contributed by atoms with Gasteiger partial charge < -0.3 is 24.2 Å². The molecule has 8 nitrogen and oxygen atoms in total. The molecule has 44 heavy (non-hydrogen) atoms. The molecule has 236 valence electrons. The minimum atomic E-state index is -0.564. The zero-order valence-electron chi connectivity index (χ0n) is 27.3. The van der Waals surface area contributed by atoms with Crippen molar-refractivity contribution < 1.29 is 14.3 Å². The number of ether oxygens (including phenoxy) is 2. The van der Waals surface area contributed by atoms with Gasteiger partial charge in [-0.2, -0.15) is 9.97 Å². The molecule has 6 rings (SSSR count). The Kier molecular flexibility index (Phi) is 8.79. The van der Waals surface area contributed by atoms with Crippen LogP contribution in [-0.2, 0) is 30.4 Å². The monoisotopic (exact) mass is 599 g/mol. The molecule has 0 bridgehead atoms. The van der Waals surface area contributed by atoms with Crippen LogP contribution in [0.3, 0.4) is 0 Å². The van der Waals surface area contributed by atoms with Gasteiger partial charge in [0.2, 0.25) is 0 Å². The number of anilines is 1. The minimum Gasteiger partial charge on any atom is -0.462 e. The summed E-state index contributed by atoms with van der Waals surface area (Å²) in [4.78, 5) is 29.8. The van der Waals surface area contributed by atoms with Crippen molar-refractivity contribution in [1.82, 2.24) is 19.8 Å². The second kappa shape index (κ2) is 12.6. The zero-order chi connectivity index (χ0) is 31.0. The molecule has 0 spiro atoms. The Morgan fingerprint density at radius 2 is 1.91 bits per heavy atom. The van der Waals surface area contributed by atoms with Crippen molar-refractivity contribution in [1.29, 1.82) is 0 Å². The zero-order valence-corrected chi connectivity index (χ0v) is 27.3. The van der Waals surface area contributed by atoms with Gasteiger partial charge in [-0.1, -0.05) is 25.1 Å². The van der Waals surface area contributed by atoms with Crippen LogP contribution in [0, 0.1) is 18.3 Å². The molecule has 1 aromatic heterocycles. The first-order chi connectivity index (χ1) is 21.1. The van der Waals surface area contributed by atoms with E-state index in [1.807, 2.05) is 20.8 Å². The Morgan fingerprint density at radius 3 is 2.66 bits per heavy atom. The molecule has 2 aliphatic carbocycles.